The molecule has 10 atom stereocenters. The third-order valence-corrected chi connectivity index (χ3v) is 13.0. The van der Waals surface area contributed by atoms with E-state index in [2.05, 4.69) is 13.8 Å². The highest BCUT2D eigenvalue weighted by atomic mass is 16.8. The molecule has 71 heavy (non-hydrogen) atoms. The van der Waals surface area contributed by atoms with E-state index in [0.29, 0.717) is 19.3 Å². The van der Waals surface area contributed by atoms with E-state index in [9.17, 15) is 54.3 Å². The number of hydrogen-bond acceptors (Lipinski definition) is 17. The van der Waals surface area contributed by atoms with Gasteiger partial charge in [-0.2, -0.15) is 0 Å². The molecular weight excluding hydrogens is 929 g/mol. The molecule has 0 amide bonds. The number of aliphatic carboxylic acids is 2. The zero-order valence-electron chi connectivity index (χ0n) is 42.8. The van der Waals surface area contributed by atoms with Crippen LogP contribution in [0.4, 0.5) is 0 Å². The topological polar surface area (TPSA) is 288 Å². The Labute approximate surface area is 421 Å². The minimum Gasteiger partial charge on any atom is -0.481 e. The Morgan fingerprint density at radius 3 is 1.06 bits per heavy atom. The van der Waals surface area contributed by atoms with E-state index in [4.69, 9.17) is 38.3 Å². The molecule has 0 aromatic heterocycles. The molecule has 0 aromatic carbocycles. The summed E-state index contributed by atoms with van der Waals surface area (Å²) < 4.78 is 40.6. The van der Waals surface area contributed by atoms with Crippen LogP contribution in [-0.4, -0.2) is 141 Å². The zero-order chi connectivity index (χ0) is 52.2. The van der Waals surface area contributed by atoms with E-state index >= 15 is 0 Å². The molecule has 2 fully saturated rings. The molecule has 19 heteroatoms. The summed E-state index contributed by atoms with van der Waals surface area (Å²) in [6, 6.07) is 0. The van der Waals surface area contributed by atoms with Gasteiger partial charge in [0.25, 0.3) is 0 Å². The number of carboxylic acids is 2. The number of aliphatic hydroxyl groups is 4. The van der Waals surface area contributed by atoms with Gasteiger partial charge in [0.1, 0.15) is 24.4 Å². The molecule has 0 aromatic rings. The molecule has 2 heterocycles. The second-order valence-corrected chi connectivity index (χ2v) is 19.2. The molecule has 412 valence electrons. The van der Waals surface area contributed by atoms with Crippen molar-refractivity contribution in [1.29, 1.82) is 0 Å². The summed E-state index contributed by atoms with van der Waals surface area (Å²) in [6.45, 7) is 2.65. The van der Waals surface area contributed by atoms with Gasteiger partial charge in [-0.25, -0.2) is 0 Å². The van der Waals surface area contributed by atoms with E-state index in [-0.39, 0.29) is 12.8 Å². The van der Waals surface area contributed by atoms with Crippen LogP contribution in [0.5, 0.6) is 0 Å². The number of esters is 4. The molecule has 0 bridgehead atoms. The van der Waals surface area contributed by atoms with Crippen LogP contribution < -0.4 is 0 Å². The van der Waals surface area contributed by atoms with Crippen LogP contribution in [-0.2, 0) is 61.9 Å². The van der Waals surface area contributed by atoms with Gasteiger partial charge < -0.3 is 63.8 Å². The Bertz CT molecular complexity index is 1480. The van der Waals surface area contributed by atoms with Crippen LogP contribution in [0.2, 0.25) is 0 Å². The highest BCUT2D eigenvalue weighted by Gasteiger charge is 2.56. The molecule has 2 aliphatic heterocycles. The zero-order valence-corrected chi connectivity index (χ0v) is 42.8. The van der Waals surface area contributed by atoms with Gasteiger partial charge in [-0.3, -0.25) is 28.8 Å². The number of aliphatic hydroxyl groups excluding tert-OH is 4. The van der Waals surface area contributed by atoms with Gasteiger partial charge in [-0.05, 0) is 12.8 Å². The van der Waals surface area contributed by atoms with Crippen molar-refractivity contribution in [3.63, 3.8) is 0 Å². The Balaban J connectivity index is 2.29. The average molecular weight is 1020 g/mol. The molecule has 2 aliphatic rings. The summed E-state index contributed by atoms with van der Waals surface area (Å²) in [7, 11) is 0. The van der Waals surface area contributed by atoms with Gasteiger partial charge in [0.2, 0.25) is 12.6 Å². The summed E-state index contributed by atoms with van der Waals surface area (Å²) >= 11 is 0. The van der Waals surface area contributed by atoms with Crippen molar-refractivity contribution in [2.45, 2.75) is 281 Å². The number of carbonyl (C=O) groups is 6. The third kappa shape index (κ3) is 27.4. The molecule has 2 rings (SSSR count). The minimum atomic E-state index is -2.00. The Morgan fingerprint density at radius 2 is 0.676 bits per heavy atom. The molecule has 0 saturated carbocycles. The highest BCUT2D eigenvalue weighted by Crippen LogP contribution is 2.34. The molecule has 6 N–H and O–H groups in total. The minimum absolute atomic E-state index is 0.0391. The number of carbonyl (C=O) groups excluding carboxylic acids is 4. The van der Waals surface area contributed by atoms with Crippen molar-refractivity contribution in [2.75, 3.05) is 13.2 Å². The van der Waals surface area contributed by atoms with Crippen LogP contribution in [0.3, 0.4) is 0 Å². The van der Waals surface area contributed by atoms with E-state index in [1.165, 1.54) is 89.9 Å². The second-order valence-electron chi connectivity index (χ2n) is 19.2. The van der Waals surface area contributed by atoms with Crippen molar-refractivity contribution < 1.29 is 92.6 Å². The van der Waals surface area contributed by atoms with Crippen molar-refractivity contribution in [3.8, 4) is 0 Å². The molecule has 2 saturated heterocycles. The quantitative estimate of drug-likeness (QED) is 0.0196. The second kappa shape index (κ2) is 39.1. The first-order valence-electron chi connectivity index (χ1n) is 27.0. The van der Waals surface area contributed by atoms with E-state index in [1.807, 2.05) is 0 Å². The molecule has 19 nitrogen and oxygen atoms in total. The maximum Gasteiger partial charge on any atom is 0.306 e. The summed E-state index contributed by atoms with van der Waals surface area (Å²) in [5, 5.41) is 60.8. The maximum atomic E-state index is 13.7. The number of ether oxygens (including phenoxy) is 7. The first kappa shape index (κ1) is 63.7. The van der Waals surface area contributed by atoms with Crippen LogP contribution in [0, 0.1) is 0 Å². The molecule has 0 unspecified atom stereocenters. The Hall–Kier alpha value is -3.46. The largest absolute Gasteiger partial charge is 0.481 e. The lowest BCUT2D eigenvalue weighted by atomic mass is 9.97. The van der Waals surface area contributed by atoms with Gasteiger partial charge in [0.05, 0.1) is 38.9 Å². The van der Waals surface area contributed by atoms with Crippen LogP contribution >= 0.6 is 0 Å². The summed E-state index contributed by atoms with van der Waals surface area (Å²) in [6.07, 6.45) is 7.35. The Morgan fingerprint density at radius 1 is 0.366 bits per heavy atom. The molecule has 0 spiro atoms. The average Bonchev–Trinajstić information content (AvgIpc) is 3.34. The lowest BCUT2D eigenvalue weighted by molar-refractivity contribution is -0.377. The molecular formula is C52H90O19. The fraction of sp³-hybridized carbons (Fsp3) is 0.885. The number of rotatable bonds is 42. The predicted molar refractivity (Wildman–Crippen MR) is 258 cm³/mol. The van der Waals surface area contributed by atoms with Gasteiger partial charge in [-0.1, -0.05) is 168 Å². The summed E-state index contributed by atoms with van der Waals surface area (Å²) in [5.41, 5.74) is 0. The van der Waals surface area contributed by atoms with Gasteiger partial charge in [0, 0.05) is 12.8 Å². The van der Waals surface area contributed by atoms with Crippen molar-refractivity contribution in [2.24, 2.45) is 0 Å². The van der Waals surface area contributed by atoms with E-state index < -0.39 is 136 Å². The Kier molecular flexibility index (Phi) is 35.0. The van der Waals surface area contributed by atoms with E-state index in [1.54, 1.807) is 0 Å². The van der Waals surface area contributed by atoms with E-state index in [0.717, 1.165) is 57.8 Å². The number of carboxylic acid groups (broad SMARTS) is 2. The van der Waals surface area contributed by atoms with Gasteiger partial charge in [-0.15, -0.1) is 0 Å². The molecule has 0 aliphatic carbocycles. The SMILES string of the molecule is CCCCCCCCCCCCCCCC(=O)O[C@@H]1[C@@H](OC(=O)CCC(=O)O)[C@H](O[C@H]2O[C@H](CO)[C@@H](O)[C@H](O)[C@H]2OC(=O)CCC(=O)O)O[C@H](CO)[C@H]1OC(=O)CCCCCCCCCCCCCCC. The lowest BCUT2D eigenvalue weighted by Crippen LogP contribution is -2.66. The smallest absolute Gasteiger partial charge is 0.306 e. The highest BCUT2D eigenvalue weighted by molar-refractivity contribution is 5.77. The third-order valence-electron chi connectivity index (χ3n) is 13.0. The van der Waals surface area contributed by atoms with Crippen molar-refractivity contribution in [1.82, 2.24) is 0 Å². The fourth-order valence-electron chi connectivity index (χ4n) is 8.80. The van der Waals surface area contributed by atoms with Gasteiger partial charge >= 0.3 is 35.8 Å². The van der Waals surface area contributed by atoms with Crippen molar-refractivity contribution >= 4 is 35.8 Å². The first-order chi connectivity index (χ1) is 34.3. The monoisotopic (exact) mass is 1020 g/mol. The lowest BCUT2D eigenvalue weighted by Gasteiger charge is -2.47. The molecule has 0 radical (unpaired) electrons. The van der Waals surface area contributed by atoms with Crippen LogP contribution in [0.15, 0.2) is 0 Å². The van der Waals surface area contributed by atoms with Crippen LogP contribution in [0.25, 0.3) is 0 Å². The fourth-order valence-corrected chi connectivity index (χ4v) is 8.80. The maximum absolute atomic E-state index is 13.7. The number of hydrogen-bond donors (Lipinski definition) is 6. The summed E-state index contributed by atoms with van der Waals surface area (Å²) in [5.74, 6) is -6.44. The van der Waals surface area contributed by atoms with Crippen LogP contribution in [0.1, 0.15) is 219 Å². The predicted octanol–water partition coefficient (Wildman–Crippen LogP) is 7.50. The van der Waals surface area contributed by atoms with Gasteiger partial charge in [0.15, 0.2) is 24.4 Å². The first-order valence-corrected chi connectivity index (χ1v) is 27.0. The normalized spacial score (nSPS) is 24.3. The summed E-state index contributed by atoms with van der Waals surface area (Å²) in [4.78, 5) is 75.8. The van der Waals surface area contributed by atoms with Crippen molar-refractivity contribution in [3.05, 3.63) is 0 Å². The standard InChI is InChI=1S/C52H90O19/c1-3-5-7-9-11-13-15-17-19-21-23-25-27-29-41(59)67-47-38(36-54)66-52(71-51-48(68-43(61)33-31-39(55)56)46(64)45(63)37(35-53)65-51)50(70-44(62)34-32-40(57)58)49(47)69-42(60)30-28-26-24-22-20-18-16-14-12-10-8-6-4-2/h37-38,45-54,63-64H,3-36H2,1-2H3,(H,55,56)(H,57,58)/t37-,38-,45-,46+,47-,48-,49+,50-,51-,52+/m1/s1. The number of unbranched alkanes of at least 4 members (excludes halogenated alkanes) is 24.